The van der Waals surface area contributed by atoms with Crippen LogP contribution < -0.4 is 15.0 Å². The Labute approximate surface area is 206 Å². The first-order chi connectivity index (χ1) is 17.0. The molecule has 1 heterocycles. The van der Waals surface area contributed by atoms with E-state index < -0.39 is 5.97 Å². The third-order valence-electron chi connectivity index (χ3n) is 6.29. The van der Waals surface area contributed by atoms with Crippen molar-refractivity contribution in [1.82, 2.24) is 4.90 Å². The summed E-state index contributed by atoms with van der Waals surface area (Å²) in [5, 5.41) is 3.01. The SMILES string of the molecule is COC(=O)c1ccc(N2CCN(Cc3ccccc3)CC2)c(NC(=O)c2cccc(C)c2OC)c1. The number of esters is 1. The maximum Gasteiger partial charge on any atom is 0.337 e. The second-order valence-corrected chi connectivity index (χ2v) is 8.58. The Morgan fingerprint density at radius 1 is 0.914 bits per heavy atom. The molecule has 4 rings (SSSR count). The predicted octanol–water partition coefficient (Wildman–Crippen LogP) is 4.36. The predicted molar refractivity (Wildman–Crippen MR) is 137 cm³/mol. The summed E-state index contributed by atoms with van der Waals surface area (Å²) in [5.41, 5.74) is 4.43. The smallest absolute Gasteiger partial charge is 0.337 e. The molecule has 3 aromatic rings. The molecule has 0 bridgehead atoms. The zero-order valence-corrected chi connectivity index (χ0v) is 20.4. The van der Waals surface area contributed by atoms with Crippen LogP contribution in [0.15, 0.2) is 66.7 Å². The highest BCUT2D eigenvalue weighted by atomic mass is 16.5. The van der Waals surface area contributed by atoms with E-state index in [-0.39, 0.29) is 5.91 Å². The third-order valence-corrected chi connectivity index (χ3v) is 6.29. The van der Waals surface area contributed by atoms with Crippen LogP contribution in [0.1, 0.15) is 31.8 Å². The van der Waals surface area contributed by atoms with Gasteiger partial charge in [-0.1, -0.05) is 42.5 Å². The van der Waals surface area contributed by atoms with Crippen molar-refractivity contribution in [3.63, 3.8) is 0 Å². The van der Waals surface area contributed by atoms with Crippen molar-refractivity contribution in [2.75, 3.05) is 50.6 Å². The van der Waals surface area contributed by atoms with Crippen LogP contribution in [-0.4, -0.2) is 57.2 Å². The molecule has 7 heteroatoms. The largest absolute Gasteiger partial charge is 0.496 e. The molecular formula is C28H31N3O4. The highest BCUT2D eigenvalue weighted by molar-refractivity contribution is 6.08. The first-order valence-corrected chi connectivity index (χ1v) is 11.7. The fourth-order valence-electron chi connectivity index (χ4n) is 4.44. The van der Waals surface area contributed by atoms with E-state index in [1.807, 2.05) is 31.2 Å². The van der Waals surface area contributed by atoms with E-state index in [1.54, 1.807) is 25.3 Å². The van der Waals surface area contributed by atoms with Crippen molar-refractivity contribution < 1.29 is 19.1 Å². The van der Waals surface area contributed by atoms with E-state index >= 15 is 0 Å². The molecule has 1 saturated heterocycles. The van der Waals surface area contributed by atoms with Crippen LogP contribution >= 0.6 is 0 Å². The average Bonchev–Trinajstić information content (AvgIpc) is 2.89. The maximum absolute atomic E-state index is 13.3. The van der Waals surface area contributed by atoms with Crippen molar-refractivity contribution in [3.05, 3.63) is 89.0 Å². The fourth-order valence-corrected chi connectivity index (χ4v) is 4.44. The number of carbonyl (C=O) groups is 2. The van der Waals surface area contributed by atoms with Gasteiger partial charge in [0.1, 0.15) is 5.75 Å². The second kappa shape index (κ2) is 11.1. The number of methoxy groups -OCH3 is 2. The van der Waals surface area contributed by atoms with Crippen molar-refractivity contribution in [3.8, 4) is 5.75 Å². The molecule has 0 unspecified atom stereocenters. The molecule has 1 fully saturated rings. The molecule has 1 aliphatic rings. The Bertz CT molecular complexity index is 1190. The summed E-state index contributed by atoms with van der Waals surface area (Å²) in [6.45, 7) is 6.21. The van der Waals surface area contributed by atoms with Crippen LogP contribution in [0.25, 0.3) is 0 Å². The monoisotopic (exact) mass is 473 g/mol. The van der Waals surface area contributed by atoms with Gasteiger partial charge in [0.05, 0.1) is 36.7 Å². The molecule has 3 aromatic carbocycles. The zero-order chi connectivity index (χ0) is 24.8. The normalized spacial score (nSPS) is 13.9. The molecule has 7 nitrogen and oxygen atoms in total. The standard InChI is InChI=1S/C28H31N3O4/c1-20-8-7-11-23(26(20)34-2)27(32)29-24-18-22(28(33)35-3)12-13-25(24)31-16-14-30(15-17-31)19-21-9-5-4-6-10-21/h4-13,18H,14-17,19H2,1-3H3,(H,29,32). The molecule has 182 valence electrons. The number of amides is 1. The summed E-state index contributed by atoms with van der Waals surface area (Å²) in [7, 11) is 2.90. The van der Waals surface area contributed by atoms with Gasteiger partial charge in [0.15, 0.2) is 0 Å². The Morgan fingerprint density at radius 2 is 1.66 bits per heavy atom. The minimum Gasteiger partial charge on any atom is -0.496 e. The van der Waals surface area contributed by atoms with Crippen LogP contribution in [0.2, 0.25) is 0 Å². The van der Waals surface area contributed by atoms with Crippen LogP contribution in [0.3, 0.4) is 0 Å². The first-order valence-electron chi connectivity index (χ1n) is 11.7. The molecule has 1 aliphatic heterocycles. The van der Waals surface area contributed by atoms with Gasteiger partial charge in [0.2, 0.25) is 0 Å². The lowest BCUT2D eigenvalue weighted by Gasteiger charge is -2.37. The molecular weight excluding hydrogens is 442 g/mol. The van der Waals surface area contributed by atoms with E-state index in [0.717, 1.165) is 44.0 Å². The lowest BCUT2D eigenvalue weighted by molar-refractivity contribution is 0.0600. The Hall–Kier alpha value is -3.84. The number of nitrogens with zero attached hydrogens (tertiary/aromatic N) is 2. The number of hydrogen-bond acceptors (Lipinski definition) is 6. The number of piperazine rings is 1. The van der Waals surface area contributed by atoms with E-state index in [4.69, 9.17) is 9.47 Å². The molecule has 0 radical (unpaired) electrons. The van der Waals surface area contributed by atoms with Crippen molar-refractivity contribution in [1.29, 1.82) is 0 Å². The number of aryl methyl sites for hydroxylation is 1. The number of nitrogens with one attached hydrogen (secondary N) is 1. The molecule has 35 heavy (non-hydrogen) atoms. The highest BCUT2D eigenvalue weighted by Crippen LogP contribution is 2.31. The number of benzene rings is 3. The van der Waals surface area contributed by atoms with Crippen molar-refractivity contribution >= 4 is 23.3 Å². The molecule has 0 aliphatic carbocycles. The number of carbonyl (C=O) groups excluding carboxylic acids is 2. The topological polar surface area (TPSA) is 71.1 Å². The van der Waals surface area contributed by atoms with Crippen molar-refractivity contribution in [2.24, 2.45) is 0 Å². The van der Waals surface area contributed by atoms with E-state index in [1.165, 1.54) is 12.7 Å². The summed E-state index contributed by atoms with van der Waals surface area (Å²) < 4.78 is 10.4. The fraction of sp³-hybridized carbons (Fsp3) is 0.286. The highest BCUT2D eigenvalue weighted by Gasteiger charge is 2.23. The second-order valence-electron chi connectivity index (χ2n) is 8.58. The van der Waals surface area contributed by atoms with E-state index in [9.17, 15) is 9.59 Å². The Balaban J connectivity index is 1.55. The summed E-state index contributed by atoms with van der Waals surface area (Å²) in [6.07, 6.45) is 0. The minimum atomic E-state index is -0.451. The van der Waals surface area contributed by atoms with E-state index in [2.05, 4.69) is 39.4 Å². The molecule has 0 aromatic heterocycles. The lowest BCUT2D eigenvalue weighted by atomic mass is 10.1. The number of rotatable bonds is 7. The maximum atomic E-state index is 13.3. The van der Waals surface area contributed by atoms with Gasteiger partial charge in [-0.25, -0.2) is 4.79 Å². The van der Waals surface area contributed by atoms with Crippen LogP contribution in [0.4, 0.5) is 11.4 Å². The summed E-state index contributed by atoms with van der Waals surface area (Å²) in [5.74, 6) is -0.213. The van der Waals surface area contributed by atoms with E-state index in [0.29, 0.717) is 22.6 Å². The number of para-hydroxylation sites is 1. The molecule has 1 amide bonds. The minimum absolute atomic E-state index is 0.295. The summed E-state index contributed by atoms with van der Waals surface area (Å²) >= 11 is 0. The summed E-state index contributed by atoms with van der Waals surface area (Å²) in [6, 6.07) is 21.2. The number of ether oxygens (including phenoxy) is 2. The Morgan fingerprint density at radius 3 is 2.34 bits per heavy atom. The van der Waals surface area contributed by atoms with Gasteiger partial charge in [0.25, 0.3) is 5.91 Å². The van der Waals surface area contributed by atoms with Crippen molar-refractivity contribution in [2.45, 2.75) is 13.5 Å². The lowest BCUT2D eigenvalue weighted by Crippen LogP contribution is -2.46. The first kappa shape index (κ1) is 24.3. The van der Waals surface area contributed by atoms with Gasteiger partial charge >= 0.3 is 5.97 Å². The molecule has 0 spiro atoms. The van der Waals surface area contributed by atoms with Gasteiger partial charge in [-0.05, 0) is 42.3 Å². The van der Waals surface area contributed by atoms with Gasteiger partial charge in [0, 0.05) is 32.7 Å². The molecule has 1 N–H and O–H groups in total. The van der Waals surface area contributed by atoms with Gasteiger partial charge < -0.3 is 19.7 Å². The molecule has 0 atom stereocenters. The average molecular weight is 474 g/mol. The van der Waals surface area contributed by atoms with Gasteiger partial charge in [-0.15, -0.1) is 0 Å². The van der Waals surface area contributed by atoms with Crippen LogP contribution in [0.5, 0.6) is 5.75 Å². The Kier molecular flexibility index (Phi) is 7.67. The summed E-state index contributed by atoms with van der Waals surface area (Å²) in [4.78, 5) is 30.1. The molecule has 0 saturated carbocycles. The zero-order valence-electron chi connectivity index (χ0n) is 20.4. The van der Waals surface area contributed by atoms with Crippen LogP contribution in [0, 0.1) is 6.92 Å². The quantitative estimate of drug-likeness (QED) is 0.514. The van der Waals surface area contributed by atoms with Crippen LogP contribution in [-0.2, 0) is 11.3 Å². The van der Waals surface area contributed by atoms with Gasteiger partial charge in [-0.3, -0.25) is 9.69 Å². The number of hydrogen-bond donors (Lipinski definition) is 1. The third kappa shape index (κ3) is 5.63. The van der Waals surface area contributed by atoms with Gasteiger partial charge in [-0.2, -0.15) is 0 Å². The number of anilines is 2.